The zero-order chi connectivity index (χ0) is 26.6. The highest BCUT2D eigenvalue weighted by Gasteiger charge is 2.31. The van der Waals surface area contributed by atoms with Gasteiger partial charge in [-0.05, 0) is 67.9 Å². The number of para-hydroxylation sites is 1. The first-order valence-electron chi connectivity index (χ1n) is 11.3. The third-order valence-corrected chi connectivity index (χ3v) is 5.34. The first-order valence-corrected chi connectivity index (χ1v) is 11.3. The molecule has 10 heteroatoms. The molecule has 37 heavy (non-hydrogen) atoms. The Balaban J connectivity index is 1.71. The molecular formula is C27H22F3N3O4. The van der Waals surface area contributed by atoms with E-state index >= 15 is 0 Å². The van der Waals surface area contributed by atoms with Crippen molar-refractivity contribution in [3.63, 3.8) is 0 Å². The number of carbonyl (C=O) groups is 1. The number of carbonyl (C=O) groups excluding carboxylic acids is 1. The summed E-state index contributed by atoms with van der Waals surface area (Å²) in [6.07, 6.45) is -3.97. The Bertz CT molecular complexity index is 1510. The van der Waals surface area contributed by atoms with Crippen molar-refractivity contribution in [2.75, 3.05) is 6.61 Å². The third-order valence-electron chi connectivity index (χ3n) is 5.34. The summed E-state index contributed by atoms with van der Waals surface area (Å²) in [5.74, 6) is -0.0976. The number of fused-ring (bicyclic) bond motifs is 1. The fourth-order valence-electron chi connectivity index (χ4n) is 3.52. The van der Waals surface area contributed by atoms with E-state index in [9.17, 15) is 22.8 Å². The monoisotopic (exact) mass is 509 g/mol. The first kappa shape index (κ1) is 25.6. The number of esters is 1. The molecule has 0 bridgehead atoms. The molecule has 0 spiro atoms. The molecule has 0 fully saturated rings. The van der Waals surface area contributed by atoms with E-state index in [-0.39, 0.29) is 23.4 Å². The highest BCUT2D eigenvalue weighted by molar-refractivity contribution is 5.82. The van der Waals surface area contributed by atoms with E-state index in [1.54, 1.807) is 62.4 Å². The van der Waals surface area contributed by atoms with Crippen molar-refractivity contribution < 1.29 is 27.4 Å². The summed E-state index contributed by atoms with van der Waals surface area (Å²) in [7, 11) is 0. The molecule has 0 amide bonds. The number of ether oxygens (including phenoxy) is 2. The maximum absolute atomic E-state index is 13.3. The third kappa shape index (κ3) is 5.85. The molecule has 0 aliphatic heterocycles. The van der Waals surface area contributed by atoms with Crippen LogP contribution in [-0.4, -0.2) is 34.6 Å². The summed E-state index contributed by atoms with van der Waals surface area (Å²) in [6, 6.07) is 17.6. The standard InChI is InChI=1S/C27H22F3N3O4/c1-3-36-26(35)17(2)37-21-13-11-18(12-14-21)16-31-33-24(19-7-6-8-20(15-19)27(28,29)30)32-23-10-5-4-9-22(23)25(33)34/h4-17H,3H2,1-2H3/t17-/m1/s1. The zero-order valence-corrected chi connectivity index (χ0v) is 19.9. The van der Waals surface area contributed by atoms with Gasteiger partial charge in [-0.1, -0.05) is 24.3 Å². The van der Waals surface area contributed by atoms with E-state index in [1.165, 1.54) is 18.3 Å². The number of halogens is 3. The van der Waals surface area contributed by atoms with Crippen molar-refractivity contribution in [1.29, 1.82) is 0 Å². The van der Waals surface area contributed by atoms with Gasteiger partial charge >= 0.3 is 12.1 Å². The smallest absolute Gasteiger partial charge is 0.416 e. The van der Waals surface area contributed by atoms with E-state index in [0.29, 0.717) is 16.8 Å². The molecule has 0 aliphatic rings. The molecule has 3 aromatic carbocycles. The molecular weight excluding hydrogens is 487 g/mol. The molecule has 1 aromatic heterocycles. The summed E-state index contributed by atoms with van der Waals surface area (Å²) in [5.41, 5.74) is -0.394. The molecule has 0 N–H and O–H groups in total. The van der Waals surface area contributed by atoms with E-state index < -0.39 is 29.4 Å². The van der Waals surface area contributed by atoms with E-state index in [4.69, 9.17) is 9.47 Å². The lowest BCUT2D eigenvalue weighted by atomic mass is 10.1. The van der Waals surface area contributed by atoms with Crippen molar-refractivity contribution in [1.82, 2.24) is 9.66 Å². The van der Waals surface area contributed by atoms with Gasteiger partial charge in [-0.25, -0.2) is 9.78 Å². The Hall–Kier alpha value is -4.47. The number of rotatable bonds is 7. The predicted octanol–water partition coefficient (Wildman–Crippen LogP) is 5.29. The summed E-state index contributed by atoms with van der Waals surface area (Å²) >= 11 is 0. The van der Waals surface area contributed by atoms with E-state index in [1.807, 2.05) is 0 Å². The lowest BCUT2D eigenvalue weighted by Crippen LogP contribution is -2.26. The number of aromatic nitrogens is 2. The van der Waals surface area contributed by atoms with Crippen LogP contribution in [0.25, 0.3) is 22.3 Å². The van der Waals surface area contributed by atoms with Crippen LogP contribution in [0.2, 0.25) is 0 Å². The Kier molecular flexibility index (Phi) is 7.37. The number of hydrogen-bond acceptors (Lipinski definition) is 6. The largest absolute Gasteiger partial charge is 0.479 e. The van der Waals surface area contributed by atoms with Crippen LogP contribution in [0.4, 0.5) is 13.2 Å². The fourth-order valence-corrected chi connectivity index (χ4v) is 3.52. The van der Waals surface area contributed by atoms with Crippen molar-refractivity contribution in [3.05, 3.63) is 94.3 Å². The molecule has 7 nitrogen and oxygen atoms in total. The normalized spacial score (nSPS) is 12.6. The van der Waals surface area contributed by atoms with Crippen molar-refractivity contribution in [2.24, 2.45) is 5.10 Å². The van der Waals surface area contributed by atoms with E-state index in [2.05, 4.69) is 10.1 Å². The van der Waals surface area contributed by atoms with Crippen molar-refractivity contribution in [3.8, 4) is 17.1 Å². The highest BCUT2D eigenvalue weighted by Crippen LogP contribution is 2.32. The van der Waals surface area contributed by atoms with Crippen LogP contribution in [0, 0.1) is 0 Å². The van der Waals surface area contributed by atoms with Gasteiger partial charge in [-0.3, -0.25) is 4.79 Å². The lowest BCUT2D eigenvalue weighted by molar-refractivity contribution is -0.150. The molecule has 0 radical (unpaired) electrons. The summed E-state index contributed by atoms with van der Waals surface area (Å²) in [4.78, 5) is 29.4. The van der Waals surface area contributed by atoms with Gasteiger partial charge in [0, 0.05) is 5.56 Å². The molecule has 1 atom stereocenters. The van der Waals surface area contributed by atoms with Gasteiger partial charge in [0.25, 0.3) is 5.56 Å². The van der Waals surface area contributed by atoms with Crippen molar-refractivity contribution in [2.45, 2.75) is 26.1 Å². The van der Waals surface area contributed by atoms with Crippen LogP contribution in [-0.2, 0) is 15.7 Å². The number of hydrogen-bond donors (Lipinski definition) is 0. The predicted molar refractivity (Wildman–Crippen MR) is 133 cm³/mol. The van der Waals surface area contributed by atoms with Crippen LogP contribution in [0.5, 0.6) is 5.75 Å². The average molecular weight is 509 g/mol. The van der Waals surface area contributed by atoms with Gasteiger partial charge in [-0.15, -0.1) is 0 Å². The fraction of sp³-hybridized carbons (Fsp3) is 0.185. The molecule has 0 unspecified atom stereocenters. The molecule has 0 aliphatic carbocycles. The zero-order valence-electron chi connectivity index (χ0n) is 19.9. The Labute approximate surface area is 209 Å². The second-order valence-corrected chi connectivity index (χ2v) is 7.97. The minimum atomic E-state index is -4.56. The Morgan fingerprint density at radius 2 is 1.81 bits per heavy atom. The van der Waals surface area contributed by atoms with Crippen LogP contribution in [0.3, 0.4) is 0 Å². The quantitative estimate of drug-likeness (QED) is 0.250. The Morgan fingerprint density at radius 3 is 2.51 bits per heavy atom. The highest BCUT2D eigenvalue weighted by atomic mass is 19.4. The number of alkyl halides is 3. The van der Waals surface area contributed by atoms with Crippen LogP contribution >= 0.6 is 0 Å². The molecule has 4 aromatic rings. The summed E-state index contributed by atoms with van der Waals surface area (Å²) in [5, 5.41) is 4.53. The van der Waals surface area contributed by atoms with E-state index in [0.717, 1.165) is 16.8 Å². The maximum atomic E-state index is 13.3. The minimum absolute atomic E-state index is 0.0331. The van der Waals surface area contributed by atoms with Crippen LogP contribution in [0.15, 0.2) is 82.7 Å². The molecule has 4 rings (SSSR count). The van der Waals surface area contributed by atoms with Gasteiger partial charge < -0.3 is 9.47 Å². The second kappa shape index (κ2) is 10.7. The maximum Gasteiger partial charge on any atom is 0.416 e. The van der Waals surface area contributed by atoms with Gasteiger partial charge in [0.1, 0.15) is 5.75 Å². The van der Waals surface area contributed by atoms with Gasteiger partial charge in [0.05, 0.1) is 29.3 Å². The topological polar surface area (TPSA) is 82.8 Å². The first-order chi connectivity index (χ1) is 17.7. The minimum Gasteiger partial charge on any atom is -0.479 e. The van der Waals surface area contributed by atoms with Gasteiger partial charge in [0.15, 0.2) is 11.9 Å². The van der Waals surface area contributed by atoms with Crippen molar-refractivity contribution >= 4 is 23.1 Å². The summed E-state index contributed by atoms with van der Waals surface area (Å²) < 4.78 is 51.4. The molecule has 1 heterocycles. The number of nitrogens with zero attached hydrogens (tertiary/aromatic N) is 3. The van der Waals surface area contributed by atoms with Gasteiger partial charge in [0.2, 0.25) is 0 Å². The Morgan fingerprint density at radius 1 is 1.08 bits per heavy atom. The SMILES string of the molecule is CCOC(=O)[C@@H](C)Oc1ccc(C=Nn2c(-c3cccc(C(F)(F)F)c3)nc3ccccc3c2=O)cc1. The lowest BCUT2D eigenvalue weighted by Gasteiger charge is -2.13. The van der Waals surface area contributed by atoms with Gasteiger partial charge in [-0.2, -0.15) is 22.9 Å². The van der Waals surface area contributed by atoms with Crippen LogP contribution < -0.4 is 10.3 Å². The van der Waals surface area contributed by atoms with Crippen LogP contribution in [0.1, 0.15) is 25.0 Å². The molecule has 190 valence electrons. The molecule has 0 saturated heterocycles. The average Bonchev–Trinajstić information content (AvgIpc) is 2.88. The molecule has 0 saturated carbocycles. The number of benzene rings is 3. The second-order valence-electron chi connectivity index (χ2n) is 7.97. The summed E-state index contributed by atoms with van der Waals surface area (Å²) in [6.45, 7) is 3.52.